The predicted molar refractivity (Wildman–Crippen MR) is 73.7 cm³/mol. The Morgan fingerprint density at radius 1 is 1.22 bits per heavy atom. The van der Waals surface area contributed by atoms with E-state index in [1.54, 1.807) is 7.11 Å². The van der Waals surface area contributed by atoms with Gasteiger partial charge in [0.2, 0.25) is 0 Å². The monoisotopic (exact) mass is 254 g/mol. The van der Waals surface area contributed by atoms with Gasteiger partial charge < -0.3 is 19.4 Å². The fraction of sp³-hybridized carbons (Fsp3) is 0.714. The van der Waals surface area contributed by atoms with Gasteiger partial charge in [0, 0.05) is 38.7 Å². The molecule has 0 bridgehead atoms. The van der Waals surface area contributed by atoms with Gasteiger partial charge in [-0.1, -0.05) is 0 Å². The summed E-state index contributed by atoms with van der Waals surface area (Å²) in [6.07, 6.45) is 4.38. The van der Waals surface area contributed by atoms with Crippen molar-refractivity contribution >= 4 is 0 Å². The zero-order valence-electron chi connectivity index (χ0n) is 11.7. The molecule has 0 aliphatic carbocycles. The van der Waals surface area contributed by atoms with Crippen LogP contribution in [0.2, 0.25) is 0 Å². The van der Waals surface area contributed by atoms with Crippen LogP contribution in [0, 0.1) is 0 Å². The number of hydrogen-bond acceptors (Lipinski definition) is 3. The normalized spacial score (nSPS) is 11.0. The molecule has 0 saturated carbocycles. The highest BCUT2D eigenvalue weighted by Gasteiger charge is 1.97. The van der Waals surface area contributed by atoms with E-state index in [0.717, 1.165) is 39.1 Å². The van der Waals surface area contributed by atoms with Crippen molar-refractivity contribution in [2.45, 2.75) is 32.9 Å². The first-order chi connectivity index (χ1) is 8.88. The lowest BCUT2D eigenvalue weighted by Gasteiger charge is -2.08. The summed E-state index contributed by atoms with van der Waals surface area (Å²) in [5, 5.41) is 3.46. The quantitative estimate of drug-likeness (QED) is 0.614. The number of aryl methyl sites for hydroxylation is 1. The van der Waals surface area contributed by atoms with Crippen molar-refractivity contribution in [3.63, 3.8) is 0 Å². The maximum atomic E-state index is 5.41. The van der Waals surface area contributed by atoms with Crippen molar-refractivity contribution in [1.29, 1.82) is 0 Å². The summed E-state index contributed by atoms with van der Waals surface area (Å²) >= 11 is 0. The number of methoxy groups -OCH3 is 1. The minimum Gasteiger partial charge on any atom is -0.382 e. The molecule has 1 aromatic rings. The van der Waals surface area contributed by atoms with Gasteiger partial charge in [0.1, 0.15) is 0 Å². The van der Waals surface area contributed by atoms with Crippen molar-refractivity contribution in [3.8, 4) is 0 Å². The number of unbranched alkanes of at least 4 members (excludes halogenated alkanes) is 1. The molecule has 0 amide bonds. The van der Waals surface area contributed by atoms with Crippen LogP contribution in [0.3, 0.4) is 0 Å². The van der Waals surface area contributed by atoms with Crippen LogP contribution in [0.1, 0.15) is 25.5 Å². The van der Waals surface area contributed by atoms with E-state index in [4.69, 9.17) is 9.47 Å². The van der Waals surface area contributed by atoms with Crippen molar-refractivity contribution < 1.29 is 9.47 Å². The van der Waals surface area contributed by atoms with Crippen LogP contribution in [0.15, 0.2) is 18.3 Å². The molecule has 0 unspecified atom stereocenters. The Morgan fingerprint density at radius 2 is 2.11 bits per heavy atom. The van der Waals surface area contributed by atoms with Crippen LogP contribution in [-0.4, -0.2) is 38.0 Å². The molecule has 1 rings (SSSR count). The number of nitrogens with one attached hydrogen (secondary N) is 1. The van der Waals surface area contributed by atoms with Crippen LogP contribution in [-0.2, 0) is 22.6 Å². The second kappa shape index (κ2) is 10.1. The van der Waals surface area contributed by atoms with Crippen LogP contribution in [0.25, 0.3) is 0 Å². The molecule has 0 fully saturated rings. The molecule has 0 aliphatic heterocycles. The van der Waals surface area contributed by atoms with Crippen molar-refractivity contribution in [2.75, 3.05) is 33.5 Å². The van der Waals surface area contributed by atoms with Gasteiger partial charge in [-0.3, -0.25) is 0 Å². The lowest BCUT2D eigenvalue weighted by atomic mass is 10.3. The van der Waals surface area contributed by atoms with Gasteiger partial charge in [0.05, 0.1) is 13.2 Å². The molecule has 104 valence electrons. The van der Waals surface area contributed by atoms with E-state index >= 15 is 0 Å². The number of nitrogens with zero attached hydrogens (tertiary/aromatic N) is 1. The van der Waals surface area contributed by atoms with Crippen molar-refractivity contribution in [2.24, 2.45) is 0 Å². The molecule has 0 spiro atoms. The molecular weight excluding hydrogens is 228 g/mol. The van der Waals surface area contributed by atoms with Gasteiger partial charge >= 0.3 is 0 Å². The topological polar surface area (TPSA) is 35.4 Å². The zero-order chi connectivity index (χ0) is 13.1. The van der Waals surface area contributed by atoms with Gasteiger partial charge in [0.25, 0.3) is 0 Å². The molecule has 1 N–H and O–H groups in total. The number of rotatable bonds is 11. The largest absolute Gasteiger partial charge is 0.382 e. The minimum atomic E-state index is 0.687. The van der Waals surface area contributed by atoms with E-state index in [2.05, 4.69) is 35.1 Å². The summed E-state index contributed by atoms with van der Waals surface area (Å²) in [4.78, 5) is 0. The zero-order valence-corrected chi connectivity index (χ0v) is 11.7. The molecule has 0 atom stereocenters. The van der Waals surface area contributed by atoms with Crippen LogP contribution < -0.4 is 5.32 Å². The summed E-state index contributed by atoms with van der Waals surface area (Å²) in [6.45, 7) is 7.42. The standard InChI is InChI=1S/C14H26N2O2/c1-3-16-9-6-7-14(16)13-15-8-4-5-10-18-12-11-17-2/h6-7,9,15H,3-5,8,10-13H2,1-2H3. The van der Waals surface area contributed by atoms with Crippen LogP contribution in [0.5, 0.6) is 0 Å². The Labute approximate surface area is 110 Å². The lowest BCUT2D eigenvalue weighted by molar-refractivity contribution is 0.0688. The third kappa shape index (κ3) is 6.19. The fourth-order valence-electron chi connectivity index (χ4n) is 1.83. The molecule has 4 heteroatoms. The molecule has 0 saturated heterocycles. The average Bonchev–Trinajstić information content (AvgIpc) is 2.84. The molecule has 18 heavy (non-hydrogen) atoms. The smallest absolute Gasteiger partial charge is 0.0700 e. The summed E-state index contributed by atoms with van der Waals surface area (Å²) in [5.74, 6) is 0. The molecule has 0 radical (unpaired) electrons. The Kier molecular flexibility index (Phi) is 8.55. The van der Waals surface area contributed by atoms with Crippen molar-refractivity contribution in [3.05, 3.63) is 24.0 Å². The van der Waals surface area contributed by atoms with Gasteiger partial charge in [-0.05, 0) is 38.4 Å². The summed E-state index contributed by atoms with van der Waals surface area (Å²) in [7, 11) is 1.69. The summed E-state index contributed by atoms with van der Waals surface area (Å²) in [5.41, 5.74) is 1.36. The minimum absolute atomic E-state index is 0.687. The Bertz CT molecular complexity index is 300. The third-order valence-electron chi connectivity index (χ3n) is 2.89. The SMILES string of the molecule is CCn1cccc1CNCCCCOCCOC. The Hall–Kier alpha value is -0.840. The van der Waals surface area contributed by atoms with Gasteiger partial charge in [-0.15, -0.1) is 0 Å². The summed E-state index contributed by atoms with van der Waals surface area (Å²) < 4.78 is 12.6. The first-order valence-electron chi connectivity index (χ1n) is 6.80. The highest BCUT2D eigenvalue weighted by Crippen LogP contribution is 2.01. The molecule has 0 aromatic carbocycles. The third-order valence-corrected chi connectivity index (χ3v) is 2.89. The molecular formula is C14H26N2O2. The van der Waals surface area contributed by atoms with E-state index in [1.807, 2.05) is 0 Å². The fourth-order valence-corrected chi connectivity index (χ4v) is 1.83. The molecule has 0 aliphatic rings. The van der Waals surface area contributed by atoms with Gasteiger partial charge in [-0.2, -0.15) is 0 Å². The van der Waals surface area contributed by atoms with Gasteiger partial charge in [0.15, 0.2) is 0 Å². The Balaban J connectivity index is 1.92. The Morgan fingerprint density at radius 3 is 2.89 bits per heavy atom. The summed E-state index contributed by atoms with van der Waals surface area (Å²) in [6, 6.07) is 4.27. The maximum absolute atomic E-state index is 5.41. The predicted octanol–water partition coefficient (Wildman–Crippen LogP) is 2.04. The average molecular weight is 254 g/mol. The van der Waals surface area contributed by atoms with Crippen LogP contribution in [0.4, 0.5) is 0 Å². The first-order valence-corrected chi connectivity index (χ1v) is 6.80. The van der Waals surface area contributed by atoms with E-state index in [1.165, 1.54) is 5.69 Å². The second-order valence-electron chi connectivity index (χ2n) is 4.27. The number of hydrogen-bond donors (Lipinski definition) is 1. The van der Waals surface area contributed by atoms with E-state index in [9.17, 15) is 0 Å². The van der Waals surface area contributed by atoms with E-state index < -0.39 is 0 Å². The molecule has 4 nitrogen and oxygen atoms in total. The number of aromatic nitrogens is 1. The van der Waals surface area contributed by atoms with Crippen LogP contribution >= 0.6 is 0 Å². The highest BCUT2D eigenvalue weighted by atomic mass is 16.5. The van der Waals surface area contributed by atoms with E-state index in [0.29, 0.717) is 13.2 Å². The van der Waals surface area contributed by atoms with E-state index in [-0.39, 0.29) is 0 Å². The number of ether oxygens (including phenoxy) is 2. The van der Waals surface area contributed by atoms with Crippen molar-refractivity contribution in [1.82, 2.24) is 9.88 Å². The second-order valence-corrected chi connectivity index (χ2v) is 4.27. The van der Waals surface area contributed by atoms with Gasteiger partial charge in [-0.25, -0.2) is 0 Å². The highest BCUT2D eigenvalue weighted by molar-refractivity contribution is 5.06. The molecule has 1 heterocycles. The lowest BCUT2D eigenvalue weighted by Crippen LogP contribution is -2.17. The maximum Gasteiger partial charge on any atom is 0.0700 e. The first kappa shape index (κ1) is 15.2. The molecule has 1 aromatic heterocycles.